The largest absolute Gasteiger partial charge is 0.462 e. The molecule has 154 valence electrons. The second-order valence-corrected chi connectivity index (χ2v) is 8.56. The Hall–Kier alpha value is -2.46. The van der Waals surface area contributed by atoms with Crippen LogP contribution in [0, 0.1) is 20.8 Å². The SMILES string of the molecule is CCOC(=O)c1c(NC(=O)CSc2nc3nc(C)cc(C)n3n2)sc(C)c1CC. The molecule has 0 aromatic carbocycles. The fourth-order valence-electron chi connectivity index (χ4n) is 3.01. The lowest BCUT2D eigenvalue weighted by molar-refractivity contribution is -0.113. The minimum Gasteiger partial charge on any atom is -0.462 e. The Morgan fingerprint density at radius 2 is 2.00 bits per heavy atom. The molecule has 3 rings (SSSR count). The first kappa shape index (κ1) is 21.3. The first-order valence-corrected chi connectivity index (χ1v) is 11.1. The van der Waals surface area contributed by atoms with Crippen LogP contribution in [0.5, 0.6) is 0 Å². The molecule has 1 N–H and O–H groups in total. The van der Waals surface area contributed by atoms with Gasteiger partial charge in [-0.3, -0.25) is 4.79 Å². The summed E-state index contributed by atoms with van der Waals surface area (Å²) in [6, 6.07) is 1.92. The summed E-state index contributed by atoms with van der Waals surface area (Å²) in [5, 5.41) is 8.24. The van der Waals surface area contributed by atoms with Gasteiger partial charge in [0.1, 0.15) is 5.00 Å². The van der Waals surface area contributed by atoms with Gasteiger partial charge in [-0.15, -0.1) is 16.4 Å². The zero-order valence-electron chi connectivity index (χ0n) is 17.0. The number of aromatic nitrogens is 4. The quantitative estimate of drug-likeness (QED) is 0.449. The monoisotopic (exact) mass is 433 g/mol. The molecule has 29 heavy (non-hydrogen) atoms. The van der Waals surface area contributed by atoms with Crippen LogP contribution in [-0.2, 0) is 16.0 Å². The highest BCUT2D eigenvalue weighted by Gasteiger charge is 2.23. The van der Waals surface area contributed by atoms with Crippen LogP contribution in [0.4, 0.5) is 5.00 Å². The van der Waals surface area contributed by atoms with E-state index >= 15 is 0 Å². The molecule has 0 unspecified atom stereocenters. The smallest absolute Gasteiger partial charge is 0.341 e. The Kier molecular flexibility index (Phi) is 6.53. The van der Waals surface area contributed by atoms with Crippen LogP contribution in [0.1, 0.15) is 46.0 Å². The molecule has 10 heteroatoms. The van der Waals surface area contributed by atoms with Crippen LogP contribution in [-0.4, -0.2) is 43.8 Å². The van der Waals surface area contributed by atoms with Gasteiger partial charge in [-0.25, -0.2) is 14.3 Å². The molecule has 0 fully saturated rings. The predicted molar refractivity (Wildman–Crippen MR) is 114 cm³/mol. The van der Waals surface area contributed by atoms with E-state index in [0.717, 1.165) is 21.8 Å². The van der Waals surface area contributed by atoms with Gasteiger partial charge in [0.2, 0.25) is 11.1 Å². The van der Waals surface area contributed by atoms with Gasteiger partial charge in [0.05, 0.1) is 17.9 Å². The Balaban J connectivity index is 1.73. The van der Waals surface area contributed by atoms with Gasteiger partial charge in [0.15, 0.2) is 0 Å². The summed E-state index contributed by atoms with van der Waals surface area (Å²) in [4.78, 5) is 34.6. The summed E-state index contributed by atoms with van der Waals surface area (Å²) in [5.74, 6) is -0.00787. The van der Waals surface area contributed by atoms with Gasteiger partial charge in [-0.2, -0.15) is 4.98 Å². The van der Waals surface area contributed by atoms with Crippen LogP contribution in [0.3, 0.4) is 0 Å². The lowest BCUT2D eigenvalue weighted by Gasteiger charge is -2.07. The van der Waals surface area contributed by atoms with Gasteiger partial charge in [-0.05, 0) is 45.7 Å². The molecular formula is C19H23N5O3S2. The fraction of sp³-hybridized carbons (Fsp3) is 0.421. The average Bonchev–Trinajstić information content (AvgIpc) is 3.20. The number of thioether (sulfide) groups is 1. The number of nitrogens with one attached hydrogen (secondary N) is 1. The van der Waals surface area contributed by atoms with E-state index in [4.69, 9.17) is 4.74 Å². The molecule has 3 heterocycles. The number of nitrogens with zero attached hydrogens (tertiary/aromatic N) is 4. The van der Waals surface area contributed by atoms with Gasteiger partial charge in [0, 0.05) is 16.3 Å². The predicted octanol–water partition coefficient (Wildman–Crippen LogP) is 3.58. The first-order valence-electron chi connectivity index (χ1n) is 9.27. The number of aryl methyl sites for hydroxylation is 3. The van der Waals surface area contributed by atoms with Gasteiger partial charge in [-0.1, -0.05) is 18.7 Å². The van der Waals surface area contributed by atoms with E-state index in [0.29, 0.717) is 27.9 Å². The molecule has 3 aromatic rings. The minimum absolute atomic E-state index is 0.121. The summed E-state index contributed by atoms with van der Waals surface area (Å²) in [6.45, 7) is 9.79. The maximum absolute atomic E-state index is 12.5. The van der Waals surface area contributed by atoms with Crippen molar-refractivity contribution < 1.29 is 14.3 Å². The zero-order valence-corrected chi connectivity index (χ0v) is 18.7. The third-order valence-corrected chi connectivity index (χ3v) is 6.13. The molecule has 0 aliphatic carbocycles. The van der Waals surface area contributed by atoms with Crippen LogP contribution in [0.25, 0.3) is 5.78 Å². The van der Waals surface area contributed by atoms with E-state index in [1.54, 1.807) is 11.4 Å². The standard InChI is InChI=1S/C19H23N5O3S2/c1-6-13-12(5)29-16(15(13)17(26)27-7-2)21-14(25)9-28-19-22-18-20-10(3)8-11(4)24(18)23-19/h8H,6-7,9H2,1-5H3,(H,21,25). The number of rotatable bonds is 7. The third-order valence-electron chi connectivity index (χ3n) is 4.23. The number of thiophene rings is 1. The Morgan fingerprint density at radius 3 is 2.69 bits per heavy atom. The maximum Gasteiger partial charge on any atom is 0.341 e. The van der Waals surface area contributed by atoms with Crippen molar-refractivity contribution in [3.8, 4) is 0 Å². The third kappa shape index (κ3) is 4.59. The van der Waals surface area contributed by atoms with E-state index in [-0.39, 0.29) is 18.3 Å². The molecule has 8 nitrogen and oxygen atoms in total. The number of hydrogen-bond acceptors (Lipinski definition) is 8. The van der Waals surface area contributed by atoms with Crippen molar-refractivity contribution in [3.63, 3.8) is 0 Å². The number of esters is 1. The zero-order chi connectivity index (χ0) is 21.1. The van der Waals surface area contributed by atoms with Crippen LogP contribution < -0.4 is 5.32 Å². The molecule has 0 aliphatic heterocycles. The van der Waals surface area contributed by atoms with Crippen molar-refractivity contribution in [1.82, 2.24) is 19.6 Å². The topological polar surface area (TPSA) is 98.5 Å². The number of carbonyl (C=O) groups is 2. The average molecular weight is 434 g/mol. The summed E-state index contributed by atoms with van der Waals surface area (Å²) in [5.41, 5.74) is 3.16. The van der Waals surface area contributed by atoms with E-state index in [1.807, 2.05) is 33.8 Å². The molecule has 0 saturated carbocycles. The van der Waals surface area contributed by atoms with E-state index in [2.05, 4.69) is 20.4 Å². The van der Waals surface area contributed by atoms with Gasteiger partial charge in [0.25, 0.3) is 5.78 Å². The van der Waals surface area contributed by atoms with E-state index in [9.17, 15) is 9.59 Å². The molecule has 0 spiro atoms. The summed E-state index contributed by atoms with van der Waals surface area (Å²) < 4.78 is 6.83. The van der Waals surface area contributed by atoms with Crippen molar-refractivity contribution in [2.75, 3.05) is 17.7 Å². The minimum atomic E-state index is -0.407. The number of ether oxygens (including phenoxy) is 1. The van der Waals surface area contributed by atoms with E-state index < -0.39 is 5.97 Å². The lowest BCUT2D eigenvalue weighted by Crippen LogP contribution is -2.16. The first-order chi connectivity index (χ1) is 13.8. The Labute approximate surface area is 177 Å². The highest BCUT2D eigenvalue weighted by Crippen LogP contribution is 2.34. The van der Waals surface area contributed by atoms with Crippen molar-refractivity contribution in [2.24, 2.45) is 0 Å². The molecule has 0 saturated heterocycles. The number of fused-ring (bicyclic) bond motifs is 1. The highest BCUT2D eigenvalue weighted by molar-refractivity contribution is 7.99. The van der Waals surface area contributed by atoms with Crippen LogP contribution >= 0.6 is 23.1 Å². The Morgan fingerprint density at radius 1 is 1.24 bits per heavy atom. The van der Waals surface area contributed by atoms with Crippen molar-refractivity contribution in [3.05, 3.63) is 33.5 Å². The molecule has 3 aromatic heterocycles. The van der Waals surface area contributed by atoms with Crippen molar-refractivity contribution in [2.45, 2.75) is 46.2 Å². The van der Waals surface area contributed by atoms with Gasteiger partial charge < -0.3 is 10.1 Å². The van der Waals surface area contributed by atoms with Crippen LogP contribution in [0.2, 0.25) is 0 Å². The lowest BCUT2D eigenvalue weighted by atomic mass is 10.1. The Bertz CT molecular complexity index is 1070. The molecule has 1 amide bonds. The summed E-state index contributed by atoms with van der Waals surface area (Å²) in [6.07, 6.45) is 0.692. The molecule has 0 radical (unpaired) electrons. The second-order valence-electron chi connectivity index (χ2n) is 6.40. The van der Waals surface area contributed by atoms with Crippen molar-refractivity contribution in [1.29, 1.82) is 0 Å². The van der Waals surface area contributed by atoms with Crippen molar-refractivity contribution >= 4 is 45.8 Å². The number of carbonyl (C=O) groups excluding carboxylic acids is 2. The molecule has 0 aliphatic rings. The number of anilines is 1. The molecule has 0 bridgehead atoms. The van der Waals surface area contributed by atoms with Gasteiger partial charge >= 0.3 is 5.97 Å². The summed E-state index contributed by atoms with van der Waals surface area (Å²) in [7, 11) is 0. The van der Waals surface area contributed by atoms with Crippen LogP contribution in [0.15, 0.2) is 11.2 Å². The van der Waals surface area contributed by atoms with E-state index in [1.165, 1.54) is 23.1 Å². The number of amides is 1. The second kappa shape index (κ2) is 8.91. The number of hydrogen-bond donors (Lipinski definition) is 1. The molecule has 0 atom stereocenters. The molecular weight excluding hydrogens is 410 g/mol. The maximum atomic E-state index is 12.5. The summed E-state index contributed by atoms with van der Waals surface area (Å²) >= 11 is 2.61. The fourth-order valence-corrected chi connectivity index (χ4v) is 4.78. The highest BCUT2D eigenvalue weighted by atomic mass is 32.2. The normalized spacial score (nSPS) is 11.1.